The molecule has 1 amide bonds. The van der Waals surface area contributed by atoms with E-state index in [4.69, 9.17) is 4.74 Å². The van der Waals surface area contributed by atoms with Gasteiger partial charge in [0.05, 0.1) is 23.6 Å². The molecule has 0 unspecified atom stereocenters. The van der Waals surface area contributed by atoms with Gasteiger partial charge in [0.2, 0.25) is 0 Å². The van der Waals surface area contributed by atoms with Gasteiger partial charge in [-0.15, -0.1) is 0 Å². The lowest BCUT2D eigenvalue weighted by molar-refractivity contribution is 0.102. The SMILES string of the molecule is CCN(Cc1ccccc1)c1cncc(C(=O)Nc2ccc(OC(C)C)cc2)c1. The second kappa shape index (κ2) is 9.73. The first-order chi connectivity index (χ1) is 14.0. The Morgan fingerprint density at radius 2 is 1.79 bits per heavy atom. The summed E-state index contributed by atoms with van der Waals surface area (Å²) in [4.78, 5) is 19.2. The Morgan fingerprint density at radius 1 is 1.07 bits per heavy atom. The Labute approximate surface area is 172 Å². The number of hydrogen-bond donors (Lipinski definition) is 1. The molecule has 3 aromatic rings. The predicted molar refractivity (Wildman–Crippen MR) is 118 cm³/mol. The van der Waals surface area contributed by atoms with Crippen LogP contribution in [-0.4, -0.2) is 23.5 Å². The molecule has 1 aromatic heterocycles. The summed E-state index contributed by atoms with van der Waals surface area (Å²) in [6.07, 6.45) is 3.49. The van der Waals surface area contributed by atoms with Crippen molar-refractivity contribution in [1.82, 2.24) is 4.98 Å². The average molecular weight is 389 g/mol. The molecule has 0 radical (unpaired) electrons. The van der Waals surface area contributed by atoms with Gasteiger partial charge < -0.3 is 15.0 Å². The van der Waals surface area contributed by atoms with E-state index < -0.39 is 0 Å². The Bertz CT molecular complexity index is 924. The van der Waals surface area contributed by atoms with Crippen molar-refractivity contribution in [2.75, 3.05) is 16.8 Å². The van der Waals surface area contributed by atoms with Gasteiger partial charge >= 0.3 is 0 Å². The summed E-state index contributed by atoms with van der Waals surface area (Å²) in [6, 6.07) is 19.5. The van der Waals surface area contributed by atoms with E-state index in [0.29, 0.717) is 11.3 Å². The van der Waals surface area contributed by atoms with Crippen molar-refractivity contribution >= 4 is 17.3 Å². The maximum Gasteiger partial charge on any atom is 0.257 e. The van der Waals surface area contributed by atoms with Gasteiger partial charge in [0.15, 0.2) is 0 Å². The number of rotatable bonds is 8. The Morgan fingerprint density at radius 3 is 2.45 bits per heavy atom. The number of ether oxygens (including phenoxy) is 1. The molecule has 0 spiro atoms. The highest BCUT2D eigenvalue weighted by atomic mass is 16.5. The van der Waals surface area contributed by atoms with E-state index in [1.807, 2.05) is 62.4 Å². The maximum atomic E-state index is 12.7. The number of carbonyl (C=O) groups excluding carboxylic acids is 1. The summed E-state index contributed by atoms with van der Waals surface area (Å²) in [5.74, 6) is 0.591. The van der Waals surface area contributed by atoms with Gasteiger partial charge in [-0.25, -0.2) is 0 Å². The molecule has 0 aliphatic rings. The summed E-state index contributed by atoms with van der Waals surface area (Å²) in [5, 5.41) is 2.92. The van der Waals surface area contributed by atoms with E-state index >= 15 is 0 Å². The minimum Gasteiger partial charge on any atom is -0.491 e. The maximum absolute atomic E-state index is 12.7. The van der Waals surface area contributed by atoms with Crippen molar-refractivity contribution in [1.29, 1.82) is 0 Å². The topological polar surface area (TPSA) is 54.5 Å². The first-order valence-electron chi connectivity index (χ1n) is 9.87. The van der Waals surface area contributed by atoms with Gasteiger partial charge in [-0.1, -0.05) is 30.3 Å². The highest BCUT2D eigenvalue weighted by Gasteiger charge is 2.11. The summed E-state index contributed by atoms with van der Waals surface area (Å²) in [7, 11) is 0. The fourth-order valence-electron chi connectivity index (χ4n) is 3.01. The van der Waals surface area contributed by atoms with Crippen molar-refractivity contribution in [3.8, 4) is 5.75 Å². The van der Waals surface area contributed by atoms with Gasteiger partial charge in [-0.3, -0.25) is 9.78 Å². The highest BCUT2D eigenvalue weighted by Crippen LogP contribution is 2.20. The number of carbonyl (C=O) groups is 1. The van der Waals surface area contributed by atoms with Gasteiger partial charge in [0.1, 0.15) is 5.75 Å². The molecule has 1 N–H and O–H groups in total. The normalized spacial score (nSPS) is 10.6. The smallest absolute Gasteiger partial charge is 0.257 e. The fraction of sp³-hybridized carbons (Fsp3) is 0.250. The molecule has 0 saturated heterocycles. The minimum absolute atomic E-state index is 0.113. The third kappa shape index (κ3) is 5.82. The minimum atomic E-state index is -0.187. The molecular formula is C24H27N3O2. The third-order valence-corrected chi connectivity index (χ3v) is 4.43. The summed E-state index contributed by atoms with van der Waals surface area (Å²) < 4.78 is 5.63. The molecule has 0 aliphatic carbocycles. The lowest BCUT2D eigenvalue weighted by atomic mass is 10.2. The molecule has 1 heterocycles. The zero-order chi connectivity index (χ0) is 20.6. The van der Waals surface area contributed by atoms with Crippen LogP contribution in [0.25, 0.3) is 0 Å². The van der Waals surface area contributed by atoms with E-state index in [9.17, 15) is 4.79 Å². The van der Waals surface area contributed by atoms with Crippen LogP contribution >= 0.6 is 0 Å². The molecule has 0 fully saturated rings. The van der Waals surface area contributed by atoms with Gasteiger partial charge in [0, 0.05) is 25.0 Å². The number of anilines is 2. The van der Waals surface area contributed by atoms with Crippen molar-refractivity contribution in [3.05, 3.63) is 84.2 Å². The van der Waals surface area contributed by atoms with Crippen LogP contribution in [0.2, 0.25) is 0 Å². The second-order valence-electron chi connectivity index (χ2n) is 7.08. The molecule has 0 bridgehead atoms. The molecule has 29 heavy (non-hydrogen) atoms. The molecular weight excluding hydrogens is 362 g/mol. The first-order valence-corrected chi connectivity index (χ1v) is 9.87. The van der Waals surface area contributed by atoms with Crippen LogP contribution in [0.4, 0.5) is 11.4 Å². The van der Waals surface area contributed by atoms with E-state index in [0.717, 1.165) is 24.5 Å². The van der Waals surface area contributed by atoms with Crippen molar-refractivity contribution in [2.45, 2.75) is 33.4 Å². The van der Waals surface area contributed by atoms with Crippen LogP contribution in [0, 0.1) is 0 Å². The molecule has 5 heteroatoms. The lowest BCUT2D eigenvalue weighted by Gasteiger charge is -2.23. The van der Waals surface area contributed by atoms with Crippen LogP contribution in [0.1, 0.15) is 36.7 Å². The zero-order valence-electron chi connectivity index (χ0n) is 17.1. The Balaban J connectivity index is 1.70. The summed E-state index contributed by atoms with van der Waals surface area (Å²) >= 11 is 0. The summed E-state index contributed by atoms with van der Waals surface area (Å²) in [5.41, 5.74) is 3.38. The quantitative estimate of drug-likeness (QED) is 0.579. The third-order valence-electron chi connectivity index (χ3n) is 4.43. The average Bonchev–Trinajstić information content (AvgIpc) is 2.74. The first kappa shape index (κ1) is 20.4. The van der Waals surface area contributed by atoms with Gasteiger partial charge in [-0.2, -0.15) is 0 Å². The zero-order valence-corrected chi connectivity index (χ0v) is 17.1. The molecule has 2 aromatic carbocycles. The highest BCUT2D eigenvalue weighted by molar-refractivity contribution is 6.04. The van der Waals surface area contributed by atoms with Crippen LogP contribution in [-0.2, 0) is 6.54 Å². The van der Waals surface area contributed by atoms with E-state index in [2.05, 4.69) is 34.3 Å². The van der Waals surface area contributed by atoms with Gasteiger partial charge in [-0.05, 0) is 56.7 Å². The van der Waals surface area contributed by atoms with Crippen molar-refractivity contribution in [2.24, 2.45) is 0 Å². The van der Waals surface area contributed by atoms with Crippen molar-refractivity contribution < 1.29 is 9.53 Å². The van der Waals surface area contributed by atoms with E-state index in [1.165, 1.54) is 5.56 Å². The monoisotopic (exact) mass is 389 g/mol. The number of benzene rings is 2. The molecule has 150 valence electrons. The predicted octanol–water partition coefficient (Wildman–Crippen LogP) is 5.15. The number of aromatic nitrogens is 1. The molecule has 0 saturated carbocycles. The van der Waals surface area contributed by atoms with Crippen LogP contribution in [0.3, 0.4) is 0 Å². The second-order valence-corrected chi connectivity index (χ2v) is 7.08. The summed E-state index contributed by atoms with van der Waals surface area (Å²) in [6.45, 7) is 7.64. The molecule has 3 rings (SSSR count). The Kier molecular flexibility index (Phi) is 6.85. The van der Waals surface area contributed by atoms with E-state index in [-0.39, 0.29) is 12.0 Å². The fourth-order valence-corrected chi connectivity index (χ4v) is 3.01. The molecule has 5 nitrogen and oxygen atoms in total. The van der Waals surface area contributed by atoms with Crippen LogP contribution in [0.15, 0.2) is 73.1 Å². The van der Waals surface area contributed by atoms with Crippen molar-refractivity contribution in [3.63, 3.8) is 0 Å². The standard InChI is InChI=1S/C24H27N3O2/c1-4-27(17-19-8-6-5-7-9-19)22-14-20(15-25-16-22)24(28)26-21-10-12-23(13-11-21)29-18(2)3/h5-16,18H,4,17H2,1-3H3,(H,26,28). The lowest BCUT2D eigenvalue weighted by Crippen LogP contribution is -2.23. The number of nitrogens with zero attached hydrogens (tertiary/aromatic N) is 2. The molecule has 0 aliphatic heterocycles. The van der Waals surface area contributed by atoms with Crippen LogP contribution < -0.4 is 15.0 Å². The van der Waals surface area contributed by atoms with E-state index in [1.54, 1.807) is 12.4 Å². The number of hydrogen-bond acceptors (Lipinski definition) is 4. The molecule has 0 atom stereocenters. The largest absolute Gasteiger partial charge is 0.491 e. The number of amides is 1. The number of pyridine rings is 1. The Hall–Kier alpha value is -3.34. The van der Waals surface area contributed by atoms with Gasteiger partial charge in [0.25, 0.3) is 5.91 Å². The van der Waals surface area contributed by atoms with Crippen LogP contribution in [0.5, 0.6) is 5.75 Å². The number of nitrogens with one attached hydrogen (secondary N) is 1.